The van der Waals surface area contributed by atoms with Crippen molar-refractivity contribution in [1.82, 2.24) is 4.98 Å². The summed E-state index contributed by atoms with van der Waals surface area (Å²) in [6.45, 7) is -0.248. The second kappa shape index (κ2) is 8.82. The molecule has 0 radical (unpaired) electrons. The zero-order valence-corrected chi connectivity index (χ0v) is 20.1. The Morgan fingerprint density at radius 3 is 2.55 bits per heavy atom. The summed E-state index contributed by atoms with van der Waals surface area (Å²) in [6, 6.07) is 9.95. The van der Waals surface area contributed by atoms with Crippen molar-refractivity contribution in [2.24, 2.45) is 0 Å². The number of fused-ring (bicyclic) bond motifs is 1. The molecular formula is C19H17ClN4O6S3. The van der Waals surface area contributed by atoms with E-state index in [1.165, 1.54) is 48.7 Å². The van der Waals surface area contributed by atoms with E-state index in [9.17, 15) is 21.6 Å². The average molecular weight is 529 g/mol. The summed E-state index contributed by atoms with van der Waals surface area (Å²) in [6.07, 6.45) is 1.37. The van der Waals surface area contributed by atoms with Crippen LogP contribution >= 0.6 is 22.9 Å². The van der Waals surface area contributed by atoms with Crippen molar-refractivity contribution in [2.45, 2.75) is 11.0 Å². The highest BCUT2D eigenvalue weighted by molar-refractivity contribution is 7.93. The second-order valence-electron chi connectivity index (χ2n) is 6.97. The largest absolute Gasteiger partial charge is 0.476 e. The van der Waals surface area contributed by atoms with Gasteiger partial charge in [0.25, 0.3) is 15.9 Å². The van der Waals surface area contributed by atoms with Gasteiger partial charge in [-0.15, -0.1) is 11.3 Å². The lowest BCUT2D eigenvalue weighted by Gasteiger charge is -2.34. The first-order valence-corrected chi connectivity index (χ1v) is 13.9. The van der Waals surface area contributed by atoms with Gasteiger partial charge < -0.3 is 10.1 Å². The van der Waals surface area contributed by atoms with E-state index in [0.717, 1.165) is 21.9 Å². The maximum absolute atomic E-state index is 12.8. The summed E-state index contributed by atoms with van der Waals surface area (Å²) in [5, 5.41) is 4.82. The van der Waals surface area contributed by atoms with Gasteiger partial charge in [-0.25, -0.2) is 21.8 Å². The molecular weight excluding hydrogens is 512 g/mol. The van der Waals surface area contributed by atoms with Crippen LogP contribution < -0.4 is 19.1 Å². The number of anilines is 3. The van der Waals surface area contributed by atoms with Gasteiger partial charge in [-0.3, -0.25) is 13.8 Å². The number of benzene rings is 2. The first-order valence-electron chi connectivity index (χ1n) is 9.30. The summed E-state index contributed by atoms with van der Waals surface area (Å²) in [4.78, 5) is 16.7. The molecule has 33 heavy (non-hydrogen) atoms. The molecule has 4 rings (SSSR count). The fraction of sp³-hybridized carbons (Fsp3) is 0.158. The standard InChI is InChI=1S/C19H17ClN4O6S3/c1-32(26,27)24-11-17(30-16-7-2-12(20)10-15(16)24)18(25)22-13-3-5-14(6-4-13)33(28,29)23-19-21-8-9-31-19/h2-10,17H,11H2,1H3,(H,21,23)(H,22,25)/t17-/m0/s1. The van der Waals surface area contributed by atoms with Crippen LogP contribution in [0.4, 0.5) is 16.5 Å². The van der Waals surface area contributed by atoms with Gasteiger partial charge in [0, 0.05) is 22.3 Å². The number of hydrogen-bond donors (Lipinski definition) is 2. The molecule has 0 spiro atoms. The Morgan fingerprint density at radius 2 is 1.91 bits per heavy atom. The molecule has 174 valence electrons. The summed E-state index contributed by atoms with van der Waals surface area (Å²) >= 11 is 7.12. The number of nitrogens with one attached hydrogen (secondary N) is 2. The molecule has 0 aliphatic carbocycles. The summed E-state index contributed by atoms with van der Waals surface area (Å²) in [5.74, 6) is -0.397. The van der Waals surface area contributed by atoms with E-state index in [-0.39, 0.29) is 28.0 Å². The number of aromatic nitrogens is 1. The van der Waals surface area contributed by atoms with Crippen LogP contribution in [-0.2, 0) is 24.8 Å². The van der Waals surface area contributed by atoms with Crippen LogP contribution in [0.3, 0.4) is 0 Å². The van der Waals surface area contributed by atoms with Crippen LogP contribution in [-0.4, -0.2) is 46.6 Å². The topological polar surface area (TPSA) is 135 Å². The van der Waals surface area contributed by atoms with Crippen molar-refractivity contribution in [2.75, 3.05) is 27.1 Å². The number of carbonyl (C=O) groups excluding carboxylic acids is 1. The summed E-state index contributed by atoms with van der Waals surface area (Å²) in [5.41, 5.74) is 0.556. The maximum atomic E-state index is 12.8. The van der Waals surface area contributed by atoms with Gasteiger partial charge in [-0.05, 0) is 42.5 Å². The van der Waals surface area contributed by atoms with Gasteiger partial charge in [0.1, 0.15) is 5.75 Å². The monoisotopic (exact) mass is 528 g/mol. The van der Waals surface area contributed by atoms with Crippen LogP contribution in [0, 0.1) is 0 Å². The van der Waals surface area contributed by atoms with Crippen molar-refractivity contribution < 1.29 is 26.4 Å². The smallest absolute Gasteiger partial charge is 0.267 e. The molecule has 1 amide bonds. The Labute approximate surface area is 199 Å². The van der Waals surface area contributed by atoms with E-state index >= 15 is 0 Å². The summed E-state index contributed by atoms with van der Waals surface area (Å²) in [7, 11) is -7.54. The number of ether oxygens (including phenoxy) is 1. The van der Waals surface area contributed by atoms with Gasteiger partial charge >= 0.3 is 0 Å². The molecule has 2 heterocycles. The van der Waals surface area contributed by atoms with Crippen molar-refractivity contribution in [3.8, 4) is 5.75 Å². The zero-order chi connectivity index (χ0) is 23.8. The molecule has 1 aliphatic heterocycles. The van der Waals surface area contributed by atoms with E-state index in [4.69, 9.17) is 16.3 Å². The Hall–Kier alpha value is -2.87. The predicted octanol–water partition coefficient (Wildman–Crippen LogP) is 2.76. The van der Waals surface area contributed by atoms with Gasteiger partial charge in [-0.1, -0.05) is 11.6 Å². The van der Waals surface area contributed by atoms with Crippen molar-refractivity contribution in [3.05, 3.63) is 59.1 Å². The zero-order valence-electron chi connectivity index (χ0n) is 16.9. The Kier molecular flexibility index (Phi) is 6.22. The van der Waals surface area contributed by atoms with E-state index in [1.807, 2.05) is 0 Å². The number of nitrogens with zero attached hydrogens (tertiary/aromatic N) is 2. The molecule has 1 aliphatic rings. The molecule has 14 heteroatoms. The maximum Gasteiger partial charge on any atom is 0.267 e. The number of rotatable bonds is 6. The molecule has 0 fully saturated rings. The summed E-state index contributed by atoms with van der Waals surface area (Å²) < 4.78 is 58.5. The van der Waals surface area contributed by atoms with Crippen molar-refractivity contribution in [3.63, 3.8) is 0 Å². The van der Waals surface area contributed by atoms with Gasteiger partial charge in [0.15, 0.2) is 11.2 Å². The van der Waals surface area contributed by atoms with Crippen LogP contribution in [0.25, 0.3) is 0 Å². The molecule has 0 saturated heterocycles. The lowest BCUT2D eigenvalue weighted by atomic mass is 10.2. The second-order valence-corrected chi connectivity index (χ2v) is 11.9. The minimum Gasteiger partial charge on any atom is -0.476 e. The molecule has 3 aromatic rings. The highest BCUT2D eigenvalue weighted by atomic mass is 35.5. The Morgan fingerprint density at radius 1 is 1.18 bits per heavy atom. The van der Waals surface area contributed by atoms with E-state index in [1.54, 1.807) is 5.38 Å². The first kappa shape index (κ1) is 23.3. The van der Waals surface area contributed by atoms with Crippen molar-refractivity contribution in [1.29, 1.82) is 0 Å². The number of sulfonamides is 2. The lowest BCUT2D eigenvalue weighted by molar-refractivity contribution is -0.122. The minimum absolute atomic E-state index is 0.0151. The van der Waals surface area contributed by atoms with E-state index in [0.29, 0.717) is 10.7 Å². The van der Waals surface area contributed by atoms with Gasteiger partial charge in [-0.2, -0.15) is 0 Å². The molecule has 10 nitrogen and oxygen atoms in total. The van der Waals surface area contributed by atoms with Crippen molar-refractivity contribution >= 4 is 65.4 Å². The molecule has 0 saturated carbocycles. The fourth-order valence-corrected chi connectivity index (χ4v) is 5.92. The van der Waals surface area contributed by atoms with Gasteiger partial charge in [0.05, 0.1) is 23.4 Å². The quantitative estimate of drug-likeness (QED) is 0.502. The third kappa shape index (κ3) is 5.21. The van der Waals surface area contributed by atoms with Gasteiger partial charge in [0.2, 0.25) is 10.0 Å². The fourth-order valence-electron chi connectivity index (χ4n) is 3.06. The molecule has 0 bridgehead atoms. The number of carbonyl (C=O) groups is 1. The van der Waals surface area contributed by atoms with E-state index < -0.39 is 32.1 Å². The molecule has 0 unspecified atom stereocenters. The van der Waals surface area contributed by atoms with Crippen LogP contribution in [0.5, 0.6) is 5.75 Å². The average Bonchev–Trinajstić information content (AvgIpc) is 3.25. The lowest BCUT2D eigenvalue weighted by Crippen LogP contribution is -2.48. The van der Waals surface area contributed by atoms with Crippen LogP contribution in [0.2, 0.25) is 5.02 Å². The minimum atomic E-state index is -3.83. The molecule has 1 atom stereocenters. The normalized spacial score (nSPS) is 15.9. The van der Waals surface area contributed by atoms with Crippen LogP contribution in [0.15, 0.2) is 58.9 Å². The first-order chi connectivity index (χ1) is 15.5. The van der Waals surface area contributed by atoms with E-state index in [2.05, 4.69) is 15.0 Å². The SMILES string of the molecule is CS(=O)(=O)N1C[C@@H](C(=O)Nc2ccc(S(=O)(=O)Nc3nccs3)cc2)Oc2ccc(Cl)cc21. The third-order valence-corrected chi connectivity index (χ3v) is 8.12. The Balaban J connectivity index is 1.50. The van der Waals surface area contributed by atoms with Crippen LogP contribution in [0.1, 0.15) is 0 Å². The number of halogens is 1. The predicted molar refractivity (Wildman–Crippen MR) is 126 cm³/mol. The molecule has 1 aromatic heterocycles. The third-order valence-electron chi connectivity index (χ3n) is 4.57. The number of thiazole rings is 1. The number of hydrogen-bond acceptors (Lipinski definition) is 8. The Bertz CT molecular complexity index is 1390. The number of amides is 1. The highest BCUT2D eigenvalue weighted by Gasteiger charge is 2.35. The molecule has 2 aromatic carbocycles. The molecule has 2 N–H and O–H groups in total. The highest BCUT2D eigenvalue weighted by Crippen LogP contribution is 2.37.